The molecule has 0 unspecified atom stereocenters. The number of rotatable bonds is 5. The molecule has 0 bridgehead atoms. The molecule has 3 rings (SSSR count). The normalized spacial score (nSPS) is 20.3. The van der Waals surface area contributed by atoms with Crippen molar-refractivity contribution < 1.29 is 13.2 Å². The van der Waals surface area contributed by atoms with Crippen LogP contribution in [0.15, 0.2) is 29.2 Å². The lowest BCUT2D eigenvalue weighted by molar-refractivity contribution is -0.137. The molecular formula is C22H34N2O3S. The average Bonchev–Trinajstić information content (AvgIpc) is 2.74. The fourth-order valence-corrected chi connectivity index (χ4v) is 5.61. The van der Waals surface area contributed by atoms with Gasteiger partial charge in [-0.1, -0.05) is 52.2 Å². The summed E-state index contributed by atoms with van der Waals surface area (Å²) in [6, 6.07) is 7.31. The van der Waals surface area contributed by atoms with Gasteiger partial charge < -0.3 is 4.90 Å². The van der Waals surface area contributed by atoms with Crippen molar-refractivity contribution in [2.45, 2.75) is 69.6 Å². The van der Waals surface area contributed by atoms with E-state index in [1.807, 2.05) is 17.0 Å². The first-order valence-corrected chi connectivity index (χ1v) is 12.1. The summed E-state index contributed by atoms with van der Waals surface area (Å²) in [5.74, 6) is 0.370. The quantitative estimate of drug-likeness (QED) is 0.748. The van der Waals surface area contributed by atoms with Crippen molar-refractivity contribution >= 4 is 15.9 Å². The topological polar surface area (TPSA) is 57.7 Å². The Morgan fingerprint density at radius 3 is 2.11 bits per heavy atom. The highest BCUT2D eigenvalue weighted by Crippen LogP contribution is 2.29. The molecule has 1 amide bonds. The minimum Gasteiger partial charge on any atom is -0.340 e. The van der Waals surface area contributed by atoms with Crippen molar-refractivity contribution in [1.82, 2.24) is 9.21 Å². The second-order valence-corrected chi connectivity index (χ2v) is 10.8. The van der Waals surface area contributed by atoms with E-state index in [1.165, 1.54) is 10.7 Å². The van der Waals surface area contributed by atoms with E-state index in [0.717, 1.165) is 37.7 Å². The first kappa shape index (κ1) is 21.3. The van der Waals surface area contributed by atoms with Crippen LogP contribution >= 0.6 is 0 Å². The average molecular weight is 407 g/mol. The molecule has 1 heterocycles. The van der Waals surface area contributed by atoms with Gasteiger partial charge in [0, 0.05) is 32.1 Å². The van der Waals surface area contributed by atoms with Crippen LogP contribution in [0.3, 0.4) is 0 Å². The fraction of sp³-hybridized carbons (Fsp3) is 0.682. The Morgan fingerprint density at radius 1 is 1.00 bits per heavy atom. The molecule has 0 N–H and O–H groups in total. The Bertz CT molecular complexity index is 773. The maximum Gasteiger partial charge on any atom is 0.243 e. The van der Waals surface area contributed by atoms with Gasteiger partial charge in [-0.25, -0.2) is 8.42 Å². The van der Waals surface area contributed by atoms with Crippen LogP contribution in [-0.4, -0.2) is 49.7 Å². The van der Waals surface area contributed by atoms with Crippen LogP contribution in [0, 0.1) is 5.92 Å². The summed E-state index contributed by atoms with van der Waals surface area (Å²) >= 11 is 0. The summed E-state index contributed by atoms with van der Waals surface area (Å²) in [7, 11) is -3.51. The van der Waals surface area contributed by atoms with Gasteiger partial charge in [-0.2, -0.15) is 4.31 Å². The minimum atomic E-state index is -3.51. The van der Waals surface area contributed by atoms with E-state index >= 15 is 0 Å². The second kappa shape index (κ2) is 8.54. The summed E-state index contributed by atoms with van der Waals surface area (Å²) in [4.78, 5) is 14.9. The predicted molar refractivity (Wildman–Crippen MR) is 112 cm³/mol. The molecule has 1 aromatic rings. The molecule has 0 atom stereocenters. The summed E-state index contributed by atoms with van der Waals surface area (Å²) in [6.07, 6.45) is 6.46. The molecule has 2 aliphatic rings. The largest absolute Gasteiger partial charge is 0.340 e. The number of piperazine rings is 1. The molecular weight excluding hydrogens is 372 g/mol. The summed E-state index contributed by atoms with van der Waals surface area (Å²) < 4.78 is 27.6. The third-order valence-corrected chi connectivity index (χ3v) is 8.58. The number of sulfonamides is 1. The Balaban J connectivity index is 1.63. The van der Waals surface area contributed by atoms with Gasteiger partial charge >= 0.3 is 0 Å². The van der Waals surface area contributed by atoms with Gasteiger partial charge in [-0.15, -0.1) is 0 Å². The van der Waals surface area contributed by atoms with Crippen LogP contribution in [0.1, 0.15) is 64.9 Å². The Labute approximate surface area is 170 Å². The molecule has 0 aromatic heterocycles. The SMILES string of the molecule is CCC(C)(C)c1ccc(S(=O)(=O)N2CCN(C(=O)C3CCCCC3)CC2)cc1. The van der Waals surface area contributed by atoms with E-state index in [2.05, 4.69) is 20.8 Å². The molecule has 1 aliphatic carbocycles. The van der Waals surface area contributed by atoms with Crippen LogP contribution < -0.4 is 0 Å². The Morgan fingerprint density at radius 2 is 1.57 bits per heavy atom. The molecule has 28 heavy (non-hydrogen) atoms. The van der Waals surface area contributed by atoms with Crippen LogP contribution in [0.4, 0.5) is 0 Å². The zero-order valence-electron chi connectivity index (χ0n) is 17.5. The maximum atomic E-state index is 13.0. The zero-order chi connectivity index (χ0) is 20.4. The summed E-state index contributed by atoms with van der Waals surface area (Å²) in [5.41, 5.74) is 1.18. The molecule has 1 saturated carbocycles. The standard InChI is InChI=1S/C22H34N2O3S/c1-4-22(2,3)19-10-12-20(13-11-19)28(26,27)24-16-14-23(15-17-24)21(25)18-8-6-5-7-9-18/h10-13,18H,4-9,14-17H2,1-3H3. The van der Waals surface area contributed by atoms with Gasteiger partial charge in [-0.05, 0) is 42.4 Å². The molecule has 0 spiro atoms. The van der Waals surface area contributed by atoms with E-state index in [9.17, 15) is 13.2 Å². The van der Waals surface area contributed by atoms with Crippen molar-refractivity contribution in [3.05, 3.63) is 29.8 Å². The van der Waals surface area contributed by atoms with Gasteiger partial charge in [0.1, 0.15) is 0 Å². The zero-order valence-corrected chi connectivity index (χ0v) is 18.3. The highest BCUT2D eigenvalue weighted by molar-refractivity contribution is 7.89. The second-order valence-electron chi connectivity index (χ2n) is 8.83. The number of benzene rings is 1. The minimum absolute atomic E-state index is 0.0351. The lowest BCUT2D eigenvalue weighted by Gasteiger charge is -2.36. The van der Waals surface area contributed by atoms with Gasteiger partial charge in [0.05, 0.1) is 4.90 Å². The molecule has 0 radical (unpaired) electrons. The number of carbonyl (C=O) groups excluding carboxylic acids is 1. The number of hydrogen-bond acceptors (Lipinski definition) is 3. The molecule has 1 aliphatic heterocycles. The van der Waals surface area contributed by atoms with E-state index in [4.69, 9.17) is 0 Å². The number of amides is 1. The lowest BCUT2D eigenvalue weighted by atomic mass is 9.82. The van der Waals surface area contributed by atoms with Gasteiger partial charge in [0.25, 0.3) is 0 Å². The summed E-state index contributed by atoms with van der Waals surface area (Å²) in [5, 5.41) is 0. The Hall–Kier alpha value is -1.40. The predicted octanol–water partition coefficient (Wildman–Crippen LogP) is 3.79. The van der Waals surface area contributed by atoms with E-state index in [1.54, 1.807) is 12.1 Å². The fourth-order valence-electron chi connectivity index (χ4n) is 4.19. The van der Waals surface area contributed by atoms with Gasteiger partial charge in [0.15, 0.2) is 0 Å². The first-order valence-electron chi connectivity index (χ1n) is 10.6. The van der Waals surface area contributed by atoms with Crippen LogP contribution in [-0.2, 0) is 20.2 Å². The molecule has 6 heteroatoms. The van der Waals surface area contributed by atoms with Crippen molar-refractivity contribution in [3.63, 3.8) is 0 Å². The van der Waals surface area contributed by atoms with Crippen LogP contribution in [0.5, 0.6) is 0 Å². The van der Waals surface area contributed by atoms with Crippen LogP contribution in [0.2, 0.25) is 0 Å². The van der Waals surface area contributed by atoms with E-state index in [0.29, 0.717) is 31.1 Å². The van der Waals surface area contributed by atoms with Gasteiger partial charge in [0.2, 0.25) is 15.9 Å². The molecule has 1 aromatic carbocycles. The summed E-state index contributed by atoms with van der Waals surface area (Å²) in [6.45, 7) is 8.22. The third kappa shape index (κ3) is 4.43. The molecule has 1 saturated heterocycles. The van der Waals surface area contributed by atoms with Crippen molar-refractivity contribution in [2.24, 2.45) is 5.92 Å². The van der Waals surface area contributed by atoms with Crippen molar-refractivity contribution in [1.29, 1.82) is 0 Å². The smallest absolute Gasteiger partial charge is 0.243 e. The molecule has 5 nitrogen and oxygen atoms in total. The van der Waals surface area contributed by atoms with E-state index < -0.39 is 10.0 Å². The third-order valence-electron chi connectivity index (χ3n) is 6.66. The van der Waals surface area contributed by atoms with Gasteiger partial charge in [-0.3, -0.25) is 4.79 Å². The highest BCUT2D eigenvalue weighted by Gasteiger charge is 2.33. The molecule has 2 fully saturated rings. The Kier molecular flexibility index (Phi) is 6.50. The lowest BCUT2D eigenvalue weighted by Crippen LogP contribution is -2.52. The first-order chi connectivity index (χ1) is 13.3. The molecule has 156 valence electrons. The van der Waals surface area contributed by atoms with Crippen molar-refractivity contribution in [3.8, 4) is 0 Å². The van der Waals surface area contributed by atoms with Crippen LogP contribution in [0.25, 0.3) is 0 Å². The van der Waals surface area contributed by atoms with E-state index in [-0.39, 0.29) is 17.2 Å². The van der Waals surface area contributed by atoms with Crippen molar-refractivity contribution in [2.75, 3.05) is 26.2 Å². The number of nitrogens with zero attached hydrogens (tertiary/aromatic N) is 2. The number of hydrogen-bond donors (Lipinski definition) is 0. The highest BCUT2D eigenvalue weighted by atomic mass is 32.2. The monoisotopic (exact) mass is 406 g/mol. The number of carbonyl (C=O) groups is 1. The maximum absolute atomic E-state index is 13.0.